The average molecular weight is 681 g/mol. The standard InChI is InChI=1S/C22H40N6O7.3C2H4O2/c23-11-3-1-6-15(26-19(31)14-8-5-13-25-14)20(32)27-16(9-10-18(29)30)21(33)28-17(22(34)35)7-2-4-12-24;3*1-2(3)4/h14-17,25H,1-13,23-24H2,(H,26,31)(H,27,32)(H,28,33)(H,29,30)(H,34,35);3*1H3,(H,3,4)/t14-,15-,16-,17-;;;/m0.../s1. The molecule has 0 aliphatic carbocycles. The normalized spacial score (nSPS) is 14.8. The van der Waals surface area contributed by atoms with E-state index in [4.69, 9.17) is 46.3 Å². The zero-order valence-electron chi connectivity index (χ0n) is 27.2. The molecule has 0 aromatic heterocycles. The van der Waals surface area contributed by atoms with Crippen molar-refractivity contribution >= 4 is 47.6 Å². The van der Waals surface area contributed by atoms with Crippen molar-refractivity contribution in [3.63, 3.8) is 0 Å². The van der Waals surface area contributed by atoms with Crippen molar-refractivity contribution < 1.29 is 63.9 Å². The van der Waals surface area contributed by atoms with Crippen LogP contribution in [0.2, 0.25) is 0 Å². The first-order chi connectivity index (χ1) is 21.9. The molecule has 1 saturated heterocycles. The van der Waals surface area contributed by atoms with Crippen molar-refractivity contribution in [3.8, 4) is 0 Å². The minimum Gasteiger partial charge on any atom is -0.481 e. The van der Waals surface area contributed by atoms with Crippen LogP contribution in [0.5, 0.6) is 0 Å². The first-order valence-electron chi connectivity index (χ1n) is 15.0. The molecule has 0 unspecified atom stereocenters. The molecule has 0 aromatic rings. The second-order valence-corrected chi connectivity index (χ2v) is 10.2. The van der Waals surface area contributed by atoms with Crippen molar-refractivity contribution in [2.45, 2.75) is 109 Å². The number of hydrogen-bond acceptors (Lipinski definition) is 11. The Bertz CT molecular complexity index is 949. The summed E-state index contributed by atoms with van der Waals surface area (Å²) in [5.74, 6) is -6.68. The summed E-state index contributed by atoms with van der Waals surface area (Å²) in [6.07, 6.45) is 3.51. The predicted octanol–water partition coefficient (Wildman–Crippen LogP) is -1.33. The van der Waals surface area contributed by atoms with Crippen LogP contribution in [0, 0.1) is 0 Å². The van der Waals surface area contributed by atoms with Gasteiger partial charge < -0.3 is 58.3 Å². The first-order valence-corrected chi connectivity index (χ1v) is 15.0. The third kappa shape index (κ3) is 31.4. The molecule has 47 heavy (non-hydrogen) atoms. The number of carbonyl (C=O) groups is 8. The van der Waals surface area contributed by atoms with Crippen molar-refractivity contribution in [1.82, 2.24) is 21.3 Å². The van der Waals surface area contributed by atoms with Crippen LogP contribution in [0.4, 0.5) is 0 Å². The molecule has 1 aliphatic rings. The molecule has 19 heteroatoms. The van der Waals surface area contributed by atoms with Gasteiger partial charge in [0, 0.05) is 27.2 Å². The molecule has 4 atom stereocenters. The zero-order valence-corrected chi connectivity index (χ0v) is 27.2. The Balaban J connectivity index is -0.00000138. The van der Waals surface area contributed by atoms with E-state index < -0.39 is 72.2 Å². The number of nitrogens with two attached hydrogens (primary N) is 2. The van der Waals surface area contributed by atoms with Crippen LogP contribution >= 0.6 is 0 Å². The Labute approximate surface area is 273 Å². The third-order valence-electron chi connectivity index (χ3n) is 5.80. The SMILES string of the molecule is CC(=O)O.CC(=O)O.CC(=O)O.NCCCC[C@H](NC(=O)[C@H](CCC(=O)O)NC(=O)[C@H](CCCCN)NC(=O)[C@@H]1CCCN1)C(=O)O. The topological polar surface area (TPSA) is 338 Å². The highest BCUT2D eigenvalue weighted by molar-refractivity contribution is 5.94. The fraction of sp³-hybridized carbons (Fsp3) is 0.714. The lowest BCUT2D eigenvalue weighted by atomic mass is 10.0. The smallest absolute Gasteiger partial charge is 0.326 e. The van der Waals surface area contributed by atoms with Crippen LogP contribution in [-0.2, 0) is 38.4 Å². The van der Waals surface area contributed by atoms with E-state index in [1.807, 2.05) is 0 Å². The quantitative estimate of drug-likeness (QED) is 0.0747. The summed E-state index contributed by atoms with van der Waals surface area (Å²) < 4.78 is 0. The van der Waals surface area contributed by atoms with Crippen LogP contribution < -0.4 is 32.7 Å². The summed E-state index contributed by atoms with van der Waals surface area (Å²) in [5, 5.41) is 51.4. The fourth-order valence-electron chi connectivity index (χ4n) is 3.77. The van der Waals surface area contributed by atoms with Crippen molar-refractivity contribution in [2.75, 3.05) is 19.6 Å². The number of carboxylic acids is 5. The summed E-state index contributed by atoms with van der Waals surface area (Å²) in [6, 6.07) is -3.84. The minimum absolute atomic E-state index is 0.143. The van der Waals surface area contributed by atoms with Gasteiger partial charge in [-0.05, 0) is 77.4 Å². The van der Waals surface area contributed by atoms with Crippen LogP contribution in [0.1, 0.15) is 85.0 Å². The van der Waals surface area contributed by atoms with Gasteiger partial charge in [0.25, 0.3) is 17.9 Å². The zero-order chi connectivity index (χ0) is 36.9. The van der Waals surface area contributed by atoms with Crippen molar-refractivity contribution in [1.29, 1.82) is 0 Å². The lowest BCUT2D eigenvalue weighted by Crippen LogP contribution is -2.57. The minimum atomic E-state index is -1.28. The maximum absolute atomic E-state index is 13.0. The molecule has 0 bridgehead atoms. The van der Waals surface area contributed by atoms with E-state index in [1.165, 1.54) is 0 Å². The van der Waals surface area contributed by atoms with E-state index in [9.17, 15) is 29.1 Å². The molecule has 3 amide bonds. The Kier molecular flexibility index (Phi) is 29.1. The Morgan fingerprint density at radius 1 is 0.660 bits per heavy atom. The largest absolute Gasteiger partial charge is 0.481 e. The molecular weight excluding hydrogens is 628 g/mol. The van der Waals surface area contributed by atoms with E-state index in [1.54, 1.807) is 0 Å². The maximum Gasteiger partial charge on any atom is 0.326 e. The highest BCUT2D eigenvalue weighted by Crippen LogP contribution is 2.09. The Hall–Kier alpha value is -4.36. The van der Waals surface area contributed by atoms with Gasteiger partial charge in [0.15, 0.2) is 0 Å². The van der Waals surface area contributed by atoms with E-state index >= 15 is 0 Å². The number of carboxylic acid groups (broad SMARTS) is 5. The van der Waals surface area contributed by atoms with Crippen LogP contribution in [0.25, 0.3) is 0 Å². The maximum atomic E-state index is 13.0. The summed E-state index contributed by atoms with van der Waals surface area (Å²) >= 11 is 0. The number of nitrogens with one attached hydrogen (secondary N) is 4. The number of amides is 3. The number of carbonyl (C=O) groups excluding carboxylic acids is 3. The van der Waals surface area contributed by atoms with Crippen LogP contribution in [0.15, 0.2) is 0 Å². The molecule has 1 aliphatic heterocycles. The molecule has 0 aromatic carbocycles. The summed E-state index contributed by atoms with van der Waals surface area (Å²) in [4.78, 5) is 88.1. The van der Waals surface area contributed by atoms with Gasteiger partial charge in [0.2, 0.25) is 17.7 Å². The Morgan fingerprint density at radius 3 is 1.43 bits per heavy atom. The molecule has 0 spiro atoms. The molecule has 1 fully saturated rings. The molecular formula is C28H52N6O13. The lowest BCUT2D eigenvalue weighted by Gasteiger charge is -2.25. The second kappa shape index (κ2) is 29.1. The average Bonchev–Trinajstić information content (AvgIpc) is 3.48. The van der Waals surface area contributed by atoms with E-state index in [0.717, 1.165) is 27.2 Å². The molecule has 0 saturated carbocycles. The van der Waals surface area contributed by atoms with E-state index in [-0.39, 0.29) is 25.2 Å². The predicted molar refractivity (Wildman–Crippen MR) is 167 cm³/mol. The summed E-state index contributed by atoms with van der Waals surface area (Å²) in [7, 11) is 0. The number of hydrogen-bond donors (Lipinski definition) is 11. The molecule has 0 radical (unpaired) electrons. The first kappa shape index (κ1) is 47.1. The van der Waals surface area contributed by atoms with Crippen LogP contribution in [-0.4, -0.2) is 117 Å². The summed E-state index contributed by atoms with van der Waals surface area (Å²) in [6.45, 7) is 4.75. The molecule has 1 rings (SSSR count). The van der Waals surface area contributed by atoms with Gasteiger partial charge in [0.1, 0.15) is 18.1 Å². The number of unbranched alkanes of at least 4 members (excludes halogenated alkanes) is 2. The van der Waals surface area contributed by atoms with E-state index in [0.29, 0.717) is 51.7 Å². The van der Waals surface area contributed by atoms with Gasteiger partial charge in [-0.1, -0.05) is 0 Å². The summed E-state index contributed by atoms with van der Waals surface area (Å²) in [5.41, 5.74) is 11.0. The van der Waals surface area contributed by atoms with Gasteiger partial charge in [-0.25, -0.2) is 4.79 Å². The molecule has 13 N–H and O–H groups in total. The van der Waals surface area contributed by atoms with Gasteiger partial charge in [0.05, 0.1) is 6.04 Å². The monoisotopic (exact) mass is 680 g/mol. The van der Waals surface area contributed by atoms with Gasteiger partial charge >= 0.3 is 11.9 Å². The fourth-order valence-corrected chi connectivity index (χ4v) is 3.77. The van der Waals surface area contributed by atoms with Crippen molar-refractivity contribution in [2.24, 2.45) is 11.5 Å². The van der Waals surface area contributed by atoms with Gasteiger partial charge in [-0.3, -0.25) is 33.6 Å². The molecule has 1 heterocycles. The highest BCUT2D eigenvalue weighted by atomic mass is 16.4. The number of rotatable bonds is 18. The van der Waals surface area contributed by atoms with Crippen LogP contribution in [0.3, 0.4) is 0 Å². The van der Waals surface area contributed by atoms with Crippen molar-refractivity contribution in [3.05, 3.63) is 0 Å². The molecule has 272 valence electrons. The Morgan fingerprint density at radius 2 is 1.06 bits per heavy atom. The lowest BCUT2D eigenvalue weighted by molar-refractivity contribution is -0.143. The molecule has 19 nitrogen and oxygen atoms in total. The van der Waals surface area contributed by atoms with Gasteiger partial charge in [-0.15, -0.1) is 0 Å². The van der Waals surface area contributed by atoms with Gasteiger partial charge in [-0.2, -0.15) is 0 Å². The third-order valence-corrected chi connectivity index (χ3v) is 5.80. The van der Waals surface area contributed by atoms with E-state index in [2.05, 4.69) is 21.3 Å². The number of aliphatic carboxylic acids is 5. The second-order valence-electron chi connectivity index (χ2n) is 10.2. The highest BCUT2D eigenvalue weighted by Gasteiger charge is 2.31.